The average Bonchev–Trinajstić information content (AvgIpc) is 3.22. The van der Waals surface area contributed by atoms with Gasteiger partial charge >= 0.3 is 6.18 Å². The monoisotopic (exact) mass is 567 g/mol. The first-order valence-electron chi connectivity index (χ1n) is 13.3. The summed E-state index contributed by atoms with van der Waals surface area (Å²) in [4.78, 5) is 52.2. The molecule has 0 bridgehead atoms. The maximum Gasteiger partial charge on any atom is 0.406 e. The van der Waals surface area contributed by atoms with Gasteiger partial charge in [0.15, 0.2) is 0 Å². The molecule has 0 radical (unpaired) electrons. The van der Waals surface area contributed by atoms with E-state index in [0.29, 0.717) is 10.6 Å². The molecule has 3 rings (SSSR count). The van der Waals surface area contributed by atoms with Crippen LogP contribution in [0.15, 0.2) is 29.3 Å². The first-order valence-corrected chi connectivity index (χ1v) is 13.3. The van der Waals surface area contributed by atoms with E-state index >= 15 is 0 Å². The van der Waals surface area contributed by atoms with Gasteiger partial charge in [-0.2, -0.15) is 23.4 Å². The van der Waals surface area contributed by atoms with Crippen molar-refractivity contribution in [3.63, 3.8) is 0 Å². The fourth-order valence-electron chi connectivity index (χ4n) is 4.93. The fourth-order valence-corrected chi connectivity index (χ4v) is 4.93. The van der Waals surface area contributed by atoms with Crippen molar-refractivity contribution in [2.75, 3.05) is 18.9 Å². The van der Waals surface area contributed by atoms with E-state index < -0.39 is 48.1 Å². The minimum atomic E-state index is -4.59. The molecule has 1 aliphatic rings. The zero-order chi connectivity index (χ0) is 29.6. The normalized spacial score (nSPS) is 16.2. The largest absolute Gasteiger partial charge is 0.406 e. The van der Waals surface area contributed by atoms with Gasteiger partial charge in [0.25, 0.3) is 11.5 Å². The SMILES string of the molecule is CC(C)n1nccc1C(=O)N[C@H](C(=O)Nc1cnn([C@H](C)C(=O)N(C)CC(F)(F)F)c(=O)c1)C1CCCCCC1. The second-order valence-electron chi connectivity index (χ2n) is 10.5. The van der Waals surface area contributed by atoms with E-state index in [1.54, 1.807) is 10.7 Å². The highest BCUT2D eigenvalue weighted by molar-refractivity contribution is 6.00. The van der Waals surface area contributed by atoms with E-state index in [2.05, 4.69) is 20.8 Å². The van der Waals surface area contributed by atoms with E-state index in [0.717, 1.165) is 62.5 Å². The Morgan fingerprint density at radius 3 is 2.30 bits per heavy atom. The Balaban J connectivity index is 1.79. The Bertz CT molecular complexity index is 1250. The van der Waals surface area contributed by atoms with Crippen LogP contribution in [0.25, 0.3) is 0 Å². The van der Waals surface area contributed by atoms with Gasteiger partial charge in [-0.05, 0) is 45.6 Å². The highest BCUT2D eigenvalue weighted by Crippen LogP contribution is 2.27. The predicted molar refractivity (Wildman–Crippen MR) is 141 cm³/mol. The number of carbonyl (C=O) groups excluding carboxylic acids is 3. The summed E-state index contributed by atoms with van der Waals surface area (Å²) in [6.07, 6.45) is 3.47. The molecular formula is C26H36F3N7O4. The number of nitrogens with zero attached hydrogens (tertiary/aromatic N) is 5. The van der Waals surface area contributed by atoms with Crippen molar-refractivity contribution in [2.45, 2.75) is 83.6 Å². The van der Waals surface area contributed by atoms with Gasteiger partial charge in [-0.3, -0.25) is 23.9 Å². The van der Waals surface area contributed by atoms with Crippen LogP contribution in [0.3, 0.4) is 0 Å². The highest BCUT2D eigenvalue weighted by Gasteiger charge is 2.34. The van der Waals surface area contributed by atoms with Gasteiger partial charge in [-0.25, -0.2) is 4.68 Å². The molecule has 3 amide bonds. The Morgan fingerprint density at radius 2 is 1.73 bits per heavy atom. The molecule has 2 heterocycles. The van der Waals surface area contributed by atoms with E-state index in [1.165, 1.54) is 13.1 Å². The molecule has 1 saturated carbocycles. The summed E-state index contributed by atoms with van der Waals surface area (Å²) in [6, 6.07) is 0.364. The van der Waals surface area contributed by atoms with E-state index in [-0.39, 0.29) is 17.6 Å². The Labute approximate surface area is 230 Å². The number of nitrogens with one attached hydrogen (secondary N) is 2. The number of anilines is 1. The molecule has 1 aliphatic carbocycles. The van der Waals surface area contributed by atoms with Gasteiger partial charge in [-0.1, -0.05) is 25.7 Å². The number of carbonyl (C=O) groups is 3. The standard InChI is InChI=1S/C26H36F3N7O4/c1-16(2)35-20(11-12-30-35)23(38)33-22(18-9-7-5-6-8-10-18)24(39)32-19-13-21(37)36(31-14-19)17(3)25(40)34(4)15-26(27,28)29/h11-14,16-18,22H,5-10,15H2,1-4H3,(H,32,39)(H,33,38)/t17-,22+/m1/s1. The molecule has 2 atom stereocenters. The molecule has 2 N–H and O–H groups in total. The zero-order valence-corrected chi connectivity index (χ0v) is 23.1. The molecule has 0 saturated heterocycles. The van der Waals surface area contributed by atoms with Gasteiger partial charge in [-0.15, -0.1) is 0 Å². The molecule has 2 aromatic rings. The summed E-state index contributed by atoms with van der Waals surface area (Å²) in [5.41, 5.74) is -0.426. The van der Waals surface area contributed by atoms with Crippen LogP contribution >= 0.6 is 0 Å². The smallest absolute Gasteiger partial charge is 0.339 e. The van der Waals surface area contributed by atoms with E-state index in [9.17, 15) is 32.3 Å². The quantitative estimate of drug-likeness (QED) is 0.447. The third-order valence-corrected chi connectivity index (χ3v) is 6.94. The second-order valence-corrected chi connectivity index (χ2v) is 10.5. The van der Waals surface area contributed by atoms with Gasteiger partial charge in [0.2, 0.25) is 11.8 Å². The summed E-state index contributed by atoms with van der Waals surface area (Å²) < 4.78 is 40.3. The predicted octanol–water partition coefficient (Wildman–Crippen LogP) is 3.31. The van der Waals surface area contributed by atoms with E-state index in [1.807, 2.05) is 13.8 Å². The van der Waals surface area contributed by atoms with Crippen LogP contribution in [0.4, 0.5) is 18.9 Å². The first kappa shape index (κ1) is 30.8. The van der Waals surface area contributed by atoms with Gasteiger partial charge in [0, 0.05) is 25.4 Å². The maximum absolute atomic E-state index is 13.5. The molecular weight excluding hydrogens is 531 g/mol. The van der Waals surface area contributed by atoms with Crippen LogP contribution < -0.4 is 16.2 Å². The number of hydrogen-bond acceptors (Lipinski definition) is 6. The number of aromatic nitrogens is 4. The lowest BCUT2D eigenvalue weighted by Gasteiger charge is -2.27. The fraction of sp³-hybridized carbons (Fsp3) is 0.615. The van der Waals surface area contributed by atoms with Gasteiger partial charge < -0.3 is 15.5 Å². The third kappa shape index (κ3) is 7.92. The van der Waals surface area contributed by atoms with Crippen LogP contribution in [0.2, 0.25) is 0 Å². The lowest BCUT2D eigenvalue weighted by molar-refractivity contribution is -0.160. The van der Waals surface area contributed by atoms with E-state index in [4.69, 9.17) is 0 Å². The molecule has 1 fully saturated rings. The summed E-state index contributed by atoms with van der Waals surface area (Å²) in [6.45, 7) is 3.57. The topological polar surface area (TPSA) is 131 Å². The number of amides is 3. The van der Waals surface area contributed by atoms with Crippen LogP contribution in [0, 0.1) is 5.92 Å². The van der Waals surface area contributed by atoms with Crippen LogP contribution in [-0.4, -0.2) is 68.0 Å². The van der Waals surface area contributed by atoms with Crippen molar-refractivity contribution < 1.29 is 27.6 Å². The molecule has 0 unspecified atom stereocenters. The van der Waals surface area contributed by atoms with Gasteiger partial charge in [0.1, 0.15) is 24.3 Å². The molecule has 0 spiro atoms. The summed E-state index contributed by atoms with van der Waals surface area (Å²) >= 11 is 0. The number of alkyl halides is 3. The molecule has 11 nitrogen and oxygen atoms in total. The minimum Gasteiger partial charge on any atom is -0.339 e. The van der Waals surface area contributed by atoms with Crippen LogP contribution in [-0.2, 0) is 9.59 Å². The maximum atomic E-state index is 13.5. The molecule has 220 valence electrons. The Hall–Kier alpha value is -3.71. The lowest BCUT2D eigenvalue weighted by Crippen LogP contribution is -2.49. The average molecular weight is 568 g/mol. The van der Waals surface area contributed by atoms with Crippen molar-refractivity contribution in [1.29, 1.82) is 0 Å². The molecule has 40 heavy (non-hydrogen) atoms. The third-order valence-electron chi connectivity index (χ3n) is 6.94. The number of hydrogen-bond donors (Lipinski definition) is 2. The van der Waals surface area contributed by atoms with Crippen molar-refractivity contribution in [2.24, 2.45) is 5.92 Å². The highest BCUT2D eigenvalue weighted by atomic mass is 19.4. The van der Waals surface area contributed by atoms with Crippen LogP contribution in [0.1, 0.15) is 81.9 Å². The lowest BCUT2D eigenvalue weighted by atomic mass is 9.91. The summed E-state index contributed by atoms with van der Waals surface area (Å²) in [5.74, 6) is -2.04. The summed E-state index contributed by atoms with van der Waals surface area (Å²) in [7, 11) is 0.988. The Morgan fingerprint density at radius 1 is 1.07 bits per heavy atom. The van der Waals surface area contributed by atoms with Crippen LogP contribution in [0.5, 0.6) is 0 Å². The molecule has 0 aromatic carbocycles. The summed E-state index contributed by atoms with van der Waals surface area (Å²) in [5, 5.41) is 13.6. The van der Waals surface area contributed by atoms with Crippen molar-refractivity contribution in [1.82, 2.24) is 29.8 Å². The Kier molecular flexibility index (Phi) is 10.1. The van der Waals surface area contributed by atoms with Crippen molar-refractivity contribution in [3.05, 3.63) is 40.6 Å². The van der Waals surface area contributed by atoms with Gasteiger partial charge in [0.05, 0.1) is 11.9 Å². The molecule has 14 heteroatoms. The number of halogens is 3. The zero-order valence-electron chi connectivity index (χ0n) is 23.1. The number of likely N-dealkylation sites (N-methyl/N-ethyl adjacent to an activating group) is 1. The number of rotatable bonds is 9. The second kappa shape index (κ2) is 13.1. The first-order chi connectivity index (χ1) is 18.8. The minimum absolute atomic E-state index is 0.0367. The molecule has 0 aliphatic heterocycles. The molecule has 2 aromatic heterocycles. The van der Waals surface area contributed by atoms with Crippen molar-refractivity contribution in [3.8, 4) is 0 Å². The van der Waals surface area contributed by atoms with Crippen molar-refractivity contribution >= 4 is 23.4 Å².